The molecule has 0 aliphatic carbocycles. The fraction of sp³-hybridized carbons (Fsp3) is 1.00. The van der Waals surface area contributed by atoms with Crippen molar-refractivity contribution in [3.8, 4) is 0 Å². The molecule has 0 saturated carbocycles. The van der Waals surface area contributed by atoms with E-state index in [9.17, 15) is 0 Å². The average molecular weight is 254 g/mol. The Labute approximate surface area is 112 Å². The minimum absolute atomic E-state index is 0.695. The molecule has 2 atom stereocenters. The molecule has 0 bridgehead atoms. The van der Waals surface area contributed by atoms with Crippen LogP contribution in [0.15, 0.2) is 0 Å². The van der Waals surface area contributed by atoms with Crippen molar-refractivity contribution in [2.24, 2.45) is 11.8 Å². The Morgan fingerprint density at radius 2 is 1.94 bits per heavy atom. The van der Waals surface area contributed by atoms with Gasteiger partial charge in [0, 0.05) is 44.9 Å². The number of nitrogens with one attached hydrogen (secondary N) is 1. The van der Waals surface area contributed by atoms with Gasteiger partial charge in [-0.3, -0.25) is 4.90 Å². The molecule has 0 aromatic rings. The van der Waals surface area contributed by atoms with E-state index in [1.807, 2.05) is 0 Å². The summed E-state index contributed by atoms with van der Waals surface area (Å²) in [6.45, 7) is 12.6. The highest BCUT2D eigenvalue weighted by molar-refractivity contribution is 4.85. The normalized spacial score (nSPS) is 29.7. The molecular formula is C15H30N2O. The summed E-state index contributed by atoms with van der Waals surface area (Å²) in [4.78, 5) is 2.71. The van der Waals surface area contributed by atoms with E-state index in [0.29, 0.717) is 6.04 Å². The molecule has 106 valence electrons. The molecule has 3 heteroatoms. The molecule has 2 rings (SSSR count). The number of nitrogens with zero attached hydrogens (tertiary/aromatic N) is 1. The van der Waals surface area contributed by atoms with Crippen LogP contribution in [-0.2, 0) is 4.74 Å². The largest absolute Gasteiger partial charge is 0.381 e. The summed E-state index contributed by atoms with van der Waals surface area (Å²) in [5.41, 5.74) is 0. The first-order valence-corrected chi connectivity index (χ1v) is 7.72. The summed E-state index contributed by atoms with van der Waals surface area (Å²) in [5, 5.41) is 3.67. The lowest BCUT2D eigenvalue weighted by Crippen LogP contribution is -2.55. The first-order chi connectivity index (χ1) is 8.66. The first kappa shape index (κ1) is 14.3. The van der Waals surface area contributed by atoms with Crippen molar-refractivity contribution in [1.82, 2.24) is 10.2 Å². The molecule has 2 fully saturated rings. The van der Waals surface area contributed by atoms with Gasteiger partial charge in [0.15, 0.2) is 0 Å². The Bertz CT molecular complexity index is 239. The van der Waals surface area contributed by atoms with Gasteiger partial charge in [-0.2, -0.15) is 0 Å². The van der Waals surface area contributed by atoms with Gasteiger partial charge in [-0.05, 0) is 38.0 Å². The molecule has 0 spiro atoms. The maximum absolute atomic E-state index is 5.48. The smallest absolute Gasteiger partial charge is 0.0469 e. The van der Waals surface area contributed by atoms with E-state index >= 15 is 0 Å². The molecule has 2 aliphatic rings. The third-order valence-corrected chi connectivity index (χ3v) is 4.57. The highest BCUT2D eigenvalue weighted by Crippen LogP contribution is 2.24. The number of hydrogen-bond acceptors (Lipinski definition) is 3. The maximum Gasteiger partial charge on any atom is 0.0469 e. The molecule has 0 radical (unpaired) electrons. The van der Waals surface area contributed by atoms with Crippen LogP contribution in [0.25, 0.3) is 0 Å². The average Bonchev–Trinajstić information content (AvgIpc) is 2.38. The summed E-state index contributed by atoms with van der Waals surface area (Å²) >= 11 is 0. The molecule has 1 N–H and O–H groups in total. The zero-order valence-electron chi connectivity index (χ0n) is 12.3. The van der Waals surface area contributed by atoms with Crippen LogP contribution in [0.2, 0.25) is 0 Å². The fourth-order valence-corrected chi connectivity index (χ4v) is 3.44. The summed E-state index contributed by atoms with van der Waals surface area (Å²) in [7, 11) is 0. The molecule has 0 amide bonds. The van der Waals surface area contributed by atoms with Gasteiger partial charge in [0.05, 0.1) is 0 Å². The molecule has 0 aromatic heterocycles. The molecule has 2 aliphatic heterocycles. The SMILES string of the molecule is CC(C)CC1CN(C(C)C2CCOCC2)CCN1. The summed E-state index contributed by atoms with van der Waals surface area (Å²) in [6.07, 6.45) is 3.80. The Morgan fingerprint density at radius 3 is 2.61 bits per heavy atom. The second-order valence-corrected chi connectivity index (χ2v) is 6.47. The van der Waals surface area contributed by atoms with Gasteiger partial charge >= 0.3 is 0 Å². The van der Waals surface area contributed by atoms with Crippen LogP contribution in [0.3, 0.4) is 0 Å². The minimum atomic E-state index is 0.695. The van der Waals surface area contributed by atoms with E-state index in [4.69, 9.17) is 4.74 Å². The van der Waals surface area contributed by atoms with Crippen molar-refractivity contribution >= 4 is 0 Å². The van der Waals surface area contributed by atoms with Gasteiger partial charge in [-0.25, -0.2) is 0 Å². The topological polar surface area (TPSA) is 24.5 Å². The zero-order chi connectivity index (χ0) is 13.0. The van der Waals surface area contributed by atoms with Gasteiger partial charge < -0.3 is 10.1 Å². The molecule has 2 heterocycles. The molecule has 2 saturated heterocycles. The molecule has 18 heavy (non-hydrogen) atoms. The van der Waals surface area contributed by atoms with E-state index in [-0.39, 0.29) is 0 Å². The van der Waals surface area contributed by atoms with Crippen molar-refractivity contribution < 1.29 is 4.74 Å². The number of piperazine rings is 1. The lowest BCUT2D eigenvalue weighted by atomic mass is 9.90. The van der Waals surface area contributed by atoms with Gasteiger partial charge in [0.1, 0.15) is 0 Å². The van der Waals surface area contributed by atoms with Crippen molar-refractivity contribution in [2.45, 2.75) is 52.1 Å². The second-order valence-electron chi connectivity index (χ2n) is 6.47. The molecule has 2 unspecified atom stereocenters. The van der Waals surface area contributed by atoms with Gasteiger partial charge in [0.2, 0.25) is 0 Å². The van der Waals surface area contributed by atoms with E-state index in [1.54, 1.807) is 0 Å². The maximum atomic E-state index is 5.48. The predicted molar refractivity (Wildman–Crippen MR) is 75.8 cm³/mol. The third-order valence-electron chi connectivity index (χ3n) is 4.57. The van der Waals surface area contributed by atoms with Crippen LogP contribution in [0.1, 0.15) is 40.0 Å². The van der Waals surface area contributed by atoms with E-state index in [2.05, 4.69) is 31.0 Å². The zero-order valence-corrected chi connectivity index (χ0v) is 12.3. The van der Waals surface area contributed by atoms with E-state index < -0.39 is 0 Å². The number of ether oxygens (including phenoxy) is 1. The van der Waals surface area contributed by atoms with Gasteiger partial charge in [0.25, 0.3) is 0 Å². The van der Waals surface area contributed by atoms with Crippen LogP contribution in [0.4, 0.5) is 0 Å². The van der Waals surface area contributed by atoms with Crippen LogP contribution in [0, 0.1) is 11.8 Å². The second kappa shape index (κ2) is 6.88. The minimum Gasteiger partial charge on any atom is -0.381 e. The van der Waals surface area contributed by atoms with Crippen LogP contribution >= 0.6 is 0 Å². The van der Waals surface area contributed by atoms with Gasteiger partial charge in [-0.15, -0.1) is 0 Å². The van der Waals surface area contributed by atoms with Crippen LogP contribution < -0.4 is 5.32 Å². The lowest BCUT2D eigenvalue weighted by Gasteiger charge is -2.42. The summed E-state index contributed by atoms with van der Waals surface area (Å²) < 4.78 is 5.48. The van der Waals surface area contributed by atoms with E-state index in [0.717, 1.165) is 37.6 Å². The third kappa shape index (κ3) is 3.94. The fourth-order valence-electron chi connectivity index (χ4n) is 3.44. The van der Waals surface area contributed by atoms with Crippen LogP contribution in [-0.4, -0.2) is 49.8 Å². The molecule has 3 nitrogen and oxygen atoms in total. The quantitative estimate of drug-likeness (QED) is 0.832. The molecule has 0 aromatic carbocycles. The van der Waals surface area contributed by atoms with Crippen LogP contribution in [0.5, 0.6) is 0 Å². The standard InChI is InChI=1S/C15H30N2O/c1-12(2)10-15-11-17(7-6-16-15)13(3)14-4-8-18-9-5-14/h12-16H,4-11H2,1-3H3. The summed E-state index contributed by atoms with van der Waals surface area (Å²) in [5.74, 6) is 1.64. The first-order valence-electron chi connectivity index (χ1n) is 7.72. The Hall–Kier alpha value is -0.120. The monoisotopic (exact) mass is 254 g/mol. The summed E-state index contributed by atoms with van der Waals surface area (Å²) in [6, 6.07) is 1.42. The highest BCUT2D eigenvalue weighted by atomic mass is 16.5. The lowest BCUT2D eigenvalue weighted by molar-refractivity contribution is 0.0216. The van der Waals surface area contributed by atoms with Crippen molar-refractivity contribution in [3.63, 3.8) is 0 Å². The number of hydrogen-bond donors (Lipinski definition) is 1. The van der Waals surface area contributed by atoms with Crippen molar-refractivity contribution in [3.05, 3.63) is 0 Å². The Kier molecular flexibility index (Phi) is 5.46. The number of rotatable bonds is 4. The Morgan fingerprint density at radius 1 is 1.22 bits per heavy atom. The van der Waals surface area contributed by atoms with E-state index in [1.165, 1.54) is 32.4 Å². The predicted octanol–water partition coefficient (Wildman–Crippen LogP) is 2.12. The van der Waals surface area contributed by atoms with Gasteiger partial charge in [-0.1, -0.05) is 13.8 Å². The molecular weight excluding hydrogens is 224 g/mol. The van der Waals surface area contributed by atoms with Crippen molar-refractivity contribution in [2.75, 3.05) is 32.8 Å². The highest BCUT2D eigenvalue weighted by Gasteiger charge is 2.29. The van der Waals surface area contributed by atoms with Crippen molar-refractivity contribution in [1.29, 1.82) is 0 Å². The Balaban J connectivity index is 1.83.